The molecule has 1 aromatic carbocycles. The SMILES string of the molecule is CNCc1c(Cl)cccc1OCc1ncccn1. The molecule has 0 bridgehead atoms. The summed E-state index contributed by atoms with van der Waals surface area (Å²) in [6.45, 7) is 0.989. The molecule has 0 spiro atoms. The van der Waals surface area contributed by atoms with Crippen LogP contribution in [0.4, 0.5) is 0 Å². The highest BCUT2D eigenvalue weighted by Crippen LogP contribution is 2.26. The first kappa shape index (κ1) is 12.8. The average molecular weight is 264 g/mol. The van der Waals surface area contributed by atoms with Crippen molar-refractivity contribution in [3.05, 3.63) is 53.1 Å². The maximum atomic E-state index is 6.14. The molecule has 5 heteroatoms. The largest absolute Gasteiger partial charge is 0.485 e. The molecule has 4 nitrogen and oxygen atoms in total. The molecule has 0 saturated carbocycles. The molecule has 1 heterocycles. The highest BCUT2D eigenvalue weighted by molar-refractivity contribution is 6.31. The predicted molar refractivity (Wildman–Crippen MR) is 70.6 cm³/mol. The van der Waals surface area contributed by atoms with Crippen molar-refractivity contribution in [2.24, 2.45) is 0 Å². The summed E-state index contributed by atoms with van der Waals surface area (Å²) in [5, 5.41) is 3.76. The van der Waals surface area contributed by atoms with Crippen molar-refractivity contribution in [3.63, 3.8) is 0 Å². The number of ether oxygens (including phenoxy) is 1. The summed E-state index contributed by atoms with van der Waals surface area (Å²) in [5.74, 6) is 1.40. The number of nitrogens with zero attached hydrogens (tertiary/aromatic N) is 2. The van der Waals surface area contributed by atoms with Gasteiger partial charge in [-0.05, 0) is 25.2 Å². The van der Waals surface area contributed by atoms with Gasteiger partial charge >= 0.3 is 0 Å². The Morgan fingerprint density at radius 2 is 2.00 bits per heavy atom. The second kappa shape index (κ2) is 6.33. The Kier molecular flexibility index (Phi) is 4.50. The third kappa shape index (κ3) is 3.18. The number of hydrogen-bond acceptors (Lipinski definition) is 4. The normalized spacial score (nSPS) is 10.3. The van der Waals surface area contributed by atoms with Crippen LogP contribution in [0.5, 0.6) is 5.75 Å². The van der Waals surface area contributed by atoms with E-state index in [0.29, 0.717) is 24.0 Å². The molecule has 0 aliphatic carbocycles. The van der Waals surface area contributed by atoms with Crippen LogP contribution in [0.25, 0.3) is 0 Å². The molecule has 0 radical (unpaired) electrons. The van der Waals surface area contributed by atoms with Gasteiger partial charge < -0.3 is 10.1 Å². The van der Waals surface area contributed by atoms with Crippen molar-refractivity contribution in [1.82, 2.24) is 15.3 Å². The Labute approximate surface area is 111 Å². The van der Waals surface area contributed by atoms with E-state index >= 15 is 0 Å². The number of rotatable bonds is 5. The number of benzene rings is 1. The lowest BCUT2D eigenvalue weighted by Gasteiger charge is -2.12. The topological polar surface area (TPSA) is 47.0 Å². The zero-order valence-electron chi connectivity index (χ0n) is 10.1. The van der Waals surface area contributed by atoms with Crippen LogP contribution in [-0.4, -0.2) is 17.0 Å². The molecule has 1 aromatic heterocycles. The quantitative estimate of drug-likeness (QED) is 0.900. The van der Waals surface area contributed by atoms with Gasteiger partial charge in [-0.3, -0.25) is 0 Å². The molecule has 2 rings (SSSR count). The summed E-state index contributed by atoms with van der Waals surface area (Å²) in [6.07, 6.45) is 3.39. The molecule has 1 N–H and O–H groups in total. The van der Waals surface area contributed by atoms with E-state index in [1.54, 1.807) is 18.5 Å². The highest BCUT2D eigenvalue weighted by atomic mass is 35.5. The van der Waals surface area contributed by atoms with E-state index in [-0.39, 0.29) is 0 Å². The molecule has 0 saturated heterocycles. The second-order valence-corrected chi connectivity index (χ2v) is 4.11. The number of hydrogen-bond donors (Lipinski definition) is 1. The van der Waals surface area contributed by atoms with Gasteiger partial charge in [0, 0.05) is 29.5 Å². The molecule has 18 heavy (non-hydrogen) atoms. The Hall–Kier alpha value is -1.65. The summed E-state index contributed by atoms with van der Waals surface area (Å²) in [6, 6.07) is 7.37. The van der Waals surface area contributed by atoms with Crippen molar-refractivity contribution >= 4 is 11.6 Å². The maximum Gasteiger partial charge on any atom is 0.166 e. The van der Waals surface area contributed by atoms with Crippen LogP contribution in [0.3, 0.4) is 0 Å². The zero-order chi connectivity index (χ0) is 12.8. The van der Waals surface area contributed by atoms with Crippen LogP contribution >= 0.6 is 11.6 Å². The Morgan fingerprint density at radius 3 is 2.72 bits per heavy atom. The Balaban J connectivity index is 2.11. The van der Waals surface area contributed by atoms with E-state index < -0.39 is 0 Å². The monoisotopic (exact) mass is 263 g/mol. The van der Waals surface area contributed by atoms with Gasteiger partial charge in [0.05, 0.1) is 0 Å². The minimum absolute atomic E-state index is 0.331. The summed E-state index contributed by atoms with van der Waals surface area (Å²) < 4.78 is 5.71. The summed E-state index contributed by atoms with van der Waals surface area (Å²) in [5.41, 5.74) is 0.942. The van der Waals surface area contributed by atoms with E-state index in [9.17, 15) is 0 Å². The average Bonchev–Trinajstić information content (AvgIpc) is 2.41. The van der Waals surface area contributed by atoms with E-state index in [0.717, 1.165) is 11.3 Å². The van der Waals surface area contributed by atoms with Gasteiger partial charge in [0.15, 0.2) is 5.82 Å². The van der Waals surface area contributed by atoms with Crippen LogP contribution in [0, 0.1) is 0 Å². The molecule has 0 aliphatic rings. The molecule has 0 amide bonds. The van der Waals surface area contributed by atoms with Crippen molar-refractivity contribution in [3.8, 4) is 5.75 Å². The lowest BCUT2D eigenvalue weighted by molar-refractivity contribution is 0.292. The maximum absolute atomic E-state index is 6.14. The molecular formula is C13H14ClN3O. The van der Waals surface area contributed by atoms with Crippen LogP contribution in [0.1, 0.15) is 11.4 Å². The standard InChI is InChI=1S/C13H14ClN3O/c1-15-8-10-11(14)4-2-5-12(10)18-9-13-16-6-3-7-17-13/h2-7,15H,8-9H2,1H3. The smallest absolute Gasteiger partial charge is 0.166 e. The van der Waals surface area contributed by atoms with Crippen LogP contribution in [0.2, 0.25) is 5.02 Å². The fourth-order valence-electron chi connectivity index (χ4n) is 1.57. The van der Waals surface area contributed by atoms with Crippen LogP contribution < -0.4 is 10.1 Å². The van der Waals surface area contributed by atoms with Gasteiger partial charge in [-0.2, -0.15) is 0 Å². The summed E-state index contributed by atoms with van der Waals surface area (Å²) in [4.78, 5) is 8.21. The number of aromatic nitrogens is 2. The highest BCUT2D eigenvalue weighted by Gasteiger charge is 2.08. The first-order chi connectivity index (χ1) is 8.81. The first-order valence-electron chi connectivity index (χ1n) is 5.62. The molecule has 0 aliphatic heterocycles. The Morgan fingerprint density at radius 1 is 1.22 bits per heavy atom. The third-order valence-corrected chi connectivity index (χ3v) is 2.76. The number of nitrogens with one attached hydrogen (secondary N) is 1. The molecule has 94 valence electrons. The van der Waals surface area contributed by atoms with Crippen molar-refractivity contribution in [2.45, 2.75) is 13.2 Å². The van der Waals surface area contributed by atoms with Gasteiger partial charge in [0.2, 0.25) is 0 Å². The second-order valence-electron chi connectivity index (χ2n) is 3.70. The summed E-state index contributed by atoms with van der Waals surface area (Å²) >= 11 is 6.14. The first-order valence-corrected chi connectivity index (χ1v) is 5.99. The molecule has 0 unspecified atom stereocenters. The number of halogens is 1. The molecular weight excluding hydrogens is 250 g/mol. The zero-order valence-corrected chi connectivity index (χ0v) is 10.8. The third-order valence-electron chi connectivity index (χ3n) is 2.41. The fourth-order valence-corrected chi connectivity index (χ4v) is 1.80. The van der Waals surface area contributed by atoms with E-state index in [4.69, 9.17) is 16.3 Å². The van der Waals surface area contributed by atoms with Gasteiger partial charge in [-0.1, -0.05) is 17.7 Å². The van der Waals surface area contributed by atoms with Gasteiger partial charge in [0.25, 0.3) is 0 Å². The Bertz CT molecular complexity index is 505. The van der Waals surface area contributed by atoms with Gasteiger partial charge in [0.1, 0.15) is 12.4 Å². The van der Waals surface area contributed by atoms with Crippen molar-refractivity contribution in [2.75, 3.05) is 7.05 Å². The van der Waals surface area contributed by atoms with E-state index in [1.807, 2.05) is 25.2 Å². The lowest BCUT2D eigenvalue weighted by atomic mass is 10.2. The summed E-state index contributed by atoms with van der Waals surface area (Å²) in [7, 11) is 1.87. The fraction of sp³-hybridized carbons (Fsp3) is 0.231. The van der Waals surface area contributed by atoms with Crippen LogP contribution in [0.15, 0.2) is 36.7 Å². The van der Waals surface area contributed by atoms with Gasteiger partial charge in [-0.15, -0.1) is 0 Å². The van der Waals surface area contributed by atoms with E-state index in [1.165, 1.54) is 0 Å². The van der Waals surface area contributed by atoms with Crippen molar-refractivity contribution < 1.29 is 4.74 Å². The molecule has 2 aromatic rings. The molecule has 0 fully saturated rings. The van der Waals surface area contributed by atoms with Gasteiger partial charge in [-0.25, -0.2) is 9.97 Å². The predicted octanol–water partition coefficient (Wildman–Crippen LogP) is 2.43. The lowest BCUT2D eigenvalue weighted by Crippen LogP contribution is -2.09. The van der Waals surface area contributed by atoms with Crippen LogP contribution in [-0.2, 0) is 13.2 Å². The minimum Gasteiger partial charge on any atom is -0.485 e. The van der Waals surface area contributed by atoms with Crippen molar-refractivity contribution in [1.29, 1.82) is 0 Å². The minimum atomic E-state index is 0.331. The molecule has 0 atom stereocenters. The van der Waals surface area contributed by atoms with E-state index in [2.05, 4.69) is 15.3 Å².